The number of ether oxygens (including phenoxy) is 1. The Hall–Kier alpha value is -2.80. The van der Waals surface area contributed by atoms with Gasteiger partial charge in [0.15, 0.2) is 0 Å². The van der Waals surface area contributed by atoms with Crippen molar-refractivity contribution in [1.82, 2.24) is 20.0 Å². The van der Waals surface area contributed by atoms with Crippen molar-refractivity contribution in [3.8, 4) is 5.75 Å². The molecule has 0 bridgehead atoms. The van der Waals surface area contributed by atoms with Gasteiger partial charge >= 0.3 is 0 Å². The maximum atomic E-state index is 6.59. The van der Waals surface area contributed by atoms with Gasteiger partial charge in [-0.25, -0.2) is 4.99 Å². The molecule has 2 atom stereocenters. The second-order valence-electron chi connectivity index (χ2n) is 10.7. The van der Waals surface area contributed by atoms with Crippen LogP contribution in [0.15, 0.2) is 42.0 Å². The first-order valence-corrected chi connectivity index (χ1v) is 12.7. The van der Waals surface area contributed by atoms with Crippen molar-refractivity contribution in [3.63, 3.8) is 0 Å². The van der Waals surface area contributed by atoms with E-state index in [1.165, 1.54) is 19.3 Å². The van der Waals surface area contributed by atoms with E-state index in [1.807, 2.05) is 24.3 Å². The standard InChI is InChI=1S/C27H38N6O/c1-5-29-25(32-12-13-33(19(3)17-32)18(2)14-20-6-7-20)16-23(28)26-22-15-21(34-27(4)10-11-27)8-9-24(22)30-31-26/h5,8-9,15-16,18-20H,1,6-7,10-14,17,28H2,2-4H3,(H,30,31)/b23-16-,29-25+/t18?,19-/m1/s1. The van der Waals surface area contributed by atoms with Crippen LogP contribution in [-0.2, 0) is 0 Å². The van der Waals surface area contributed by atoms with Crippen LogP contribution in [0, 0.1) is 5.92 Å². The van der Waals surface area contributed by atoms with Gasteiger partial charge in [0.05, 0.1) is 11.2 Å². The lowest BCUT2D eigenvalue weighted by Crippen LogP contribution is -2.56. The lowest BCUT2D eigenvalue weighted by molar-refractivity contribution is 0.0796. The van der Waals surface area contributed by atoms with E-state index in [0.29, 0.717) is 17.8 Å². The number of rotatable bonds is 8. The highest BCUT2D eigenvalue weighted by Crippen LogP contribution is 2.40. The molecule has 1 aromatic carbocycles. The quantitative estimate of drug-likeness (QED) is 0.445. The van der Waals surface area contributed by atoms with Gasteiger partial charge in [0.25, 0.3) is 0 Å². The number of amidine groups is 1. The summed E-state index contributed by atoms with van der Waals surface area (Å²) in [7, 11) is 0. The van der Waals surface area contributed by atoms with Gasteiger partial charge in [0, 0.05) is 49.4 Å². The maximum absolute atomic E-state index is 6.59. The van der Waals surface area contributed by atoms with E-state index in [9.17, 15) is 0 Å². The van der Waals surface area contributed by atoms with Gasteiger partial charge in [-0.3, -0.25) is 10.00 Å². The molecular weight excluding hydrogens is 424 g/mol. The molecule has 182 valence electrons. The highest BCUT2D eigenvalue weighted by atomic mass is 16.5. The van der Waals surface area contributed by atoms with E-state index in [4.69, 9.17) is 10.5 Å². The van der Waals surface area contributed by atoms with Crippen molar-refractivity contribution in [2.45, 2.75) is 70.6 Å². The average Bonchev–Trinajstić information content (AvgIpc) is 3.72. The number of piperazine rings is 1. The molecule has 1 aromatic heterocycles. The number of aromatic nitrogens is 2. The first kappa shape index (κ1) is 23.0. The Labute approximate surface area is 202 Å². The fourth-order valence-corrected chi connectivity index (χ4v) is 5.16. The number of H-pyrrole nitrogens is 1. The van der Waals surface area contributed by atoms with Crippen molar-refractivity contribution in [2.24, 2.45) is 16.6 Å². The largest absolute Gasteiger partial charge is 0.488 e. The molecule has 0 amide bonds. The van der Waals surface area contributed by atoms with Gasteiger partial charge in [0.1, 0.15) is 22.9 Å². The van der Waals surface area contributed by atoms with E-state index in [0.717, 1.165) is 66.6 Å². The van der Waals surface area contributed by atoms with Crippen molar-refractivity contribution >= 4 is 22.4 Å². The lowest BCUT2D eigenvalue weighted by Gasteiger charge is -2.43. The van der Waals surface area contributed by atoms with E-state index >= 15 is 0 Å². The summed E-state index contributed by atoms with van der Waals surface area (Å²) in [5, 5.41) is 8.57. The number of nitrogens with two attached hydrogens (primary N) is 1. The average molecular weight is 463 g/mol. The smallest absolute Gasteiger partial charge is 0.130 e. The Morgan fingerprint density at radius 2 is 2.18 bits per heavy atom. The van der Waals surface area contributed by atoms with Crippen LogP contribution in [0.4, 0.5) is 0 Å². The molecule has 3 aliphatic rings. The molecule has 1 unspecified atom stereocenters. The molecule has 0 spiro atoms. The molecule has 3 fully saturated rings. The molecule has 7 heteroatoms. The highest BCUT2D eigenvalue weighted by Gasteiger charge is 2.40. The number of aromatic amines is 1. The summed E-state index contributed by atoms with van der Waals surface area (Å²) in [5.41, 5.74) is 8.81. The second-order valence-corrected chi connectivity index (χ2v) is 10.7. The predicted octanol–water partition coefficient (Wildman–Crippen LogP) is 4.53. The molecule has 1 aliphatic heterocycles. The monoisotopic (exact) mass is 462 g/mol. The van der Waals surface area contributed by atoms with Crippen LogP contribution >= 0.6 is 0 Å². The summed E-state index contributed by atoms with van der Waals surface area (Å²) in [6.45, 7) is 13.6. The second kappa shape index (κ2) is 9.10. The van der Waals surface area contributed by atoms with Crippen LogP contribution in [0.25, 0.3) is 16.6 Å². The van der Waals surface area contributed by atoms with Crippen LogP contribution in [0.3, 0.4) is 0 Å². The molecule has 5 rings (SSSR count). The predicted molar refractivity (Wildman–Crippen MR) is 139 cm³/mol. The number of fused-ring (bicyclic) bond motifs is 1. The van der Waals surface area contributed by atoms with Crippen molar-refractivity contribution < 1.29 is 4.74 Å². The first-order valence-electron chi connectivity index (χ1n) is 12.7. The Morgan fingerprint density at radius 1 is 1.38 bits per heavy atom. The molecular formula is C27H38N6O. The minimum Gasteiger partial charge on any atom is -0.488 e. The van der Waals surface area contributed by atoms with Crippen molar-refractivity contribution in [3.05, 3.63) is 42.7 Å². The molecule has 0 radical (unpaired) electrons. The van der Waals surface area contributed by atoms with Crippen LogP contribution < -0.4 is 10.5 Å². The van der Waals surface area contributed by atoms with E-state index in [1.54, 1.807) is 6.20 Å². The SMILES string of the molecule is C=C/N=C(\C=C(/N)c1n[nH]c2ccc(OC3(C)CC3)cc12)N1CCN(C(C)CC2CC2)[C@H](C)C1. The number of benzene rings is 1. The third kappa shape index (κ3) is 4.99. The molecule has 2 aliphatic carbocycles. The fraction of sp³-hybridized carbons (Fsp3) is 0.556. The van der Waals surface area contributed by atoms with Crippen LogP contribution in [-0.4, -0.2) is 63.2 Å². The summed E-state index contributed by atoms with van der Waals surface area (Å²) in [6.07, 6.45) is 9.86. The number of nitrogens with zero attached hydrogens (tertiary/aromatic N) is 4. The van der Waals surface area contributed by atoms with E-state index < -0.39 is 0 Å². The summed E-state index contributed by atoms with van der Waals surface area (Å²) in [5.74, 6) is 2.64. The van der Waals surface area contributed by atoms with Gasteiger partial charge in [-0.15, -0.1) is 0 Å². The number of aliphatic imine (C=N–C) groups is 1. The number of hydrogen-bond donors (Lipinski definition) is 2. The minimum atomic E-state index is -0.0300. The van der Waals surface area contributed by atoms with Gasteiger partial charge in [-0.1, -0.05) is 19.4 Å². The Kier molecular flexibility index (Phi) is 6.15. The summed E-state index contributed by atoms with van der Waals surface area (Å²) < 4.78 is 6.16. The molecule has 2 aromatic rings. The lowest BCUT2D eigenvalue weighted by atomic mass is 10.1. The normalized spacial score (nSPS) is 24.3. The third-order valence-electron chi connectivity index (χ3n) is 7.57. The highest BCUT2D eigenvalue weighted by molar-refractivity contribution is 6.02. The summed E-state index contributed by atoms with van der Waals surface area (Å²) in [6, 6.07) is 7.12. The first-order chi connectivity index (χ1) is 16.3. The summed E-state index contributed by atoms with van der Waals surface area (Å²) >= 11 is 0. The van der Waals surface area contributed by atoms with Gasteiger partial charge in [-0.2, -0.15) is 5.10 Å². The Bertz CT molecular complexity index is 1110. The molecule has 34 heavy (non-hydrogen) atoms. The zero-order valence-electron chi connectivity index (χ0n) is 20.8. The number of nitrogens with one attached hydrogen (secondary N) is 1. The van der Waals surface area contributed by atoms with E-state index in [2.05, 4.69) is 52.3 Å². The molecule has 7 nitrogen and oxygen atoms in total. The van der Waals surface area contributed by atoms with Gasteiger partial charge in [-0.05, 0) is 64.2 Å². The van der Waals surface area contributed by atoms with Crippen molar-refractivity contribution in [2.75, 3.05) is 19.6 Å². The van der Waals surface area contributed by atoms with Crippen molar-refractivity contribution in [1.29, 1.82) is 0 Å². The summed E-state index contributed by atoms with van der Waals surface area (Å²) in [4.78, 5) is 9.55. The van der Waals surface area contributed by atoms with Crippen LogP contribution in [0.1, 0.15) is 58.6 Å². The topological polar surface area (TPSA) is 82.8 Å². The van der Waals surface area contributed by atoms with Crippen LogP contribution in [0.5, 0.6) is 5.75 Å². The minimum absolute atomic E-state index is 0.0300. The van der Waals surface area contributed by atoms with E-state index in [-0.39, 0.29) is 5.60 Å². The molecule has 2 heterocycles. The Morgan fingerprint density at radius 3 is 2.85 bits per heavy atom. The zero-order valence-corrected chi connectivity index (χ0v) is 20.8. The van der Waals surface area contributed by atoms with Crippen LogP contribution in [0.2, 0.25) is 0 Å². The maximum Gasteiger partial charge on any atom is 0.130 e. The van der Waals surface area contributed by atoms with Gasteiger partial charge in [0.2, 0.25) is 0 Å². The molecule has 1 saturated heterocycles. The number of hydrogen-bond acceptors (Lipinski definition) is 5. The fourth-order valence-electron chi connectivity index (χ4n) is 5.16. The molecule has 3 N–H and O–H groups in total. The van der Waals surface area contributed by atoms with Gasteiger partial charge < -0.3 is 15.4 Å². The third-order valence-corrected chi connectivity index (χ3v) is 7.57. The zero-order chi connectivity index (χ0) is 23.9. The Balaban J connectivity index is 1.33. The molecule has 2 saturated carbocycles.